The van der Waals surface area contributed by atoms with Gasteiger partial charge in [-0.2, -0.15) is 5.10 Å². The molecule has 3 rings (SSSR count). The van der Waals surface area contributed by atoms with Crippen molar-refractivity contribution in [2.45, 2.75) is 38.1 Å². The summed E-state index contributed by atoms with van der Waals surface area (Å²) in [7, 11) is 1.80. The van der Waals surface area contributed by atoms with Gasteiger partial charge < -0.3 is 9.80 Å². The van der Waals surface area contributed by atoms with E-state index in [0.29, 0.717) is 30.1 Å². The third-order valence-electron chi connectivity index (χ3n) is 5.35. The fourth-order valence-electron chi connectivity index (χ4n) is 3.76. The Morgan fingerprint density at radius 3 is 2.45 bits per heavy atom. The molecule has 0 radical (unpaired) electrons. The molecule has 1 saturated heterocycles. The maximum absolute atomic E-state index is 12.7. The van der Waals surface area contributed by atoms with Crippen LogP contribution in [0, 0.1) is 6.92 Å². The van der Waals surface area contributed by atoms with Crippen molar-refractivity contribution in [3.8, 4) is 0 Å². The molecule has 0 unspecified atom stereocenters. The zero-order valence-corrected chi connectivity index (χ0v) is 18.8. The zero-order valence-electron chi connectivity index (χ0n) is 17.9. The van der Waals surface area contributed by atoms with Crippen LogP contribution in [0.1, 0.15) is 42.4 Å². The summed E-state index contributed by atoms with van der Waals surface area (Å²) in [6.45, 7) is 11.6. The third kappa shape index (κ3) is 4.66. The standard InChI is InChI=1S/C22H30N4O2S/c1-16-17(14-27)21(24(5)23-16)29-15-20(28)26-12-10-25(11-13-26)19-9-7-6-8-18(19)22(2,3)4/h6-9,14H,10-13,15H2,1-5H3. The summed E-state index contributed by atoms with van der Waals surface area (Å²) < 4.78 is 1.68. The first-order chi connectivity index (χ1) is 13.7. The Bertz CT molecular complexity index is 893. The Kier molecular flexibility index (Phi) is 6.36. The summed E-state index contributed by atoms with van der Waals surface area (Å²) in [5.74, 6) is 0.424. The van der Waals surface area contributed by atoms with Crippen molar-refractivity contribution in [2.75, 3.05) is 36.8 Å². The summed E-state index contributed by atoms with van der Waals surface area (Å²) >= 11 is 1.39. The maximum Gasteiger partial charge on any atom is 0.233 e. The zero-order chi connectivity index (χ0) is 21.2. The number of aryl methyl sites for hydroxylation is 2. The molecule has 0 spiro atoms. The van der Waals surface area contributed by atoms with Crippen molar-refractivity contribution in [1.29, 1.82) is 0 Å². The maximum atomic E-state index is 12.7. The van der Waals surface area contributed by atoms with E-state index in [1.165, 1.54) is 23.0 Å². The molecule has 0 N–H and O–H groups in total. The molecule has 0 atom stereocenters. The highest BCUT2D eigenvalue weighted by atomic mass is 32.2. The van der Waals surface area contributed by atoms with Gasteiger partial charge in [0.1, 0.15) is 5.03 Å². The number of nitrogens with zero attached hydrogens (tertiary/aromatic N) is 4. The Morgan fingerprint density at radius 1 is 1.17 bits per heavy atom. The molecule has 0 saturated carbocycles. The van der Waals surface area contributed by atoms with Gasteiger partial charge in [0, 0.05) is 38.9 Å². The van der Waals surface area contributed by atoms with Gasteiger partial charge in [0.25, 0.3) is 0 Å². The van der Waals surface area contributed by atoms with Gasteiger partial charge >= 0.3 is 0 Å². The van der Waals surface area contributed by atoms with E-state index >= 15 is 0 Å². The van der Waals surface area contributed by atoms with Crippen LogP contribution >= 0.6 is 11.8 Å². The molecule has 2 aromatic rings. The molecule has 6 nitrogen and oxygen atoms in total. The molecule has 1 amide bonds. The second kappa shape index (κ2) is 8.61. The molecular weight excluding hydrogens is 384 g/mol. The number of carbonyl (C=O) groups is 2. The first kappa shape index (κ1) is 21.4. The minimum Gasteiger partial charge on any atom is -0.368 e. The molecule has 1 fully saturated rings. The highest BCUT2D eigenvalue weighted by Crippen LogP contribution is 2.32. The predicted octanol–water partition coefficient (Wildman–Crippen LogP) is 3.28. The van der Waals surface area contributed by atoms with Gasteiger partial charge in [0.15, 0.2) is 6.29 Å². The van der Waals surface area contributed by atoms with Gasteiger partial charge in [-0.1, -0.05) is 50.7 Å². The van der Waals surface area contributed by atoms with Gasteiger partial charge in [-0.05, 0) is 24.0 Å². The van der Waals surface area contributed by atoms with E-state index in [0.717, 1.165) is 24.4 Å². The summed E-state index contributed by atoms with van der Waals surface area (Å²) in [5, 5.41) is 5.03. The summed E-state index contributed by atoms with van der Waals surface area (Å²) in [6, 6.07) is 8.55. The van der Waals surface area contributed by atoms with Crippen LogP contribution in [0.4, 0.5) is 5.69 Å². The van der Waals surface area contributed by atoms with E-state index in [1.807, 2.05) is 11.8 Å². The van der Waals surface area contributed by atoms with Crippen LogP contribution < -0.4 is 4.90 Å². The Labute approximate surface area is 177 Å². The molecule has 2 heterocycles. The number of hydrogen-bond acceptors (Lipinski definition) is 5. The Morgan fingerprint density at radius 2 is 1.83 bits per heavy atom. The van der Waals surface area contributed by atoms with Gasteiger partial charge in [-0.3, -0.25) is 14.3 Å². The van der Waals surface area contributed by atoms with Gasteiger partial charge in [-0.15, -0.1) is 0 Å². The molecule has 0 bridgehead atoms. The number of thioether (sulfide) groups is 1. The summed E-state index contributed by atoms with van der Waals surface area (Å²) in [6.07, 6.45) is 0.820. The summed E-state index contributed by atoms with van der Waals surface area (Å²) in [5.41, 5.74) is 3.96. The Balaban J connectivity index is 1.60. The lowest BCUT2D eigenvalue weighted by Gasteiger charge is -2.38. The molecule has 29 heavy (non-hydrogen) atoms. The van der Waals surface area contributed by atoms with E-state index in [2.05, 4.69) is 55.0 Å². The first-order valence-electron chi connectivity index (χ1n) is 9.96. The number of carbonyl (C=O) groups excluding carboxylic acids is 2. The van der Waals surface area contributed by atoms with Crippen LogP contribution in [0.15, 0.2) is 29.3 Å². The molecule has 7 heteroatoms. The quantitative estimate of drug-likeness (QED) is 0.555. The van der Waals surface area contributed by atoms with Crippen LogP contribution in [-0.2, 0) is 17.3 Å². The van der Waals surface area contributed by atoms with Crippen molar-refractivity contribution < 1.29 is 9.59 Å². The minimum absolute atomic E-state index is 0.0811. The van der Waals surface area contributed by atoms with E-state index in [4.69, 9.17) is 0 Å². The molecule has 156 valence electrons. The average molecular weight is 415 g/mol. The first-order valence-corrected chi connectivity index (χ1v) is 10.9. The molecule has 1 aromatic heterocycles. The molecule has 1 aliphatic rings. The number of amides is 1. The SMILES string of the molecule is Cc1nn(C)c(SCC(=O)N2CCN(c3ccccc3C(C)(C)C)CC2)c1C=O. The average Bonchev–Trinajstić information content (AvgIpc) is 2.97. The van der Waals surface area contributed by atoms with Crippen LogP contribution in [0.2, 0.25) is 0 Å². The number of aldehydes is 1. The number of aromatic nitrogens is 2. The molecular formula is C22H30N4O2S. The number of piperazine rings is 1. The second-order valence-corrected chi connectivity index (χ2v) is 9.43. The third-order valence-corrected chi connectivity index (χ3v) is 6.50. The minimum atomic E-state index is 0.0811. The van der Waals surface area contributed by atoms with Crippen molar-refractivity contribution in [2.24, 2.45) is 7.05 Å². The number of rotatable bonds is 5. The van der Waals surface area contributed by atoms with Crippen molar-refractivity contribution in [3.05, 3.63) is 41.1 Å². The van der Waals surface area contributed by atoms with Crippen molar-refractivity contribution >= 4 is 29.6 Å². The van der Waals surface area contributed by atoms with Crippen molar-refractivity contribution in [3.63, 3.8) is 0 Å². The second-order valence-electron chi connectivity index (χ2n) is 8.47. The fraction of sp³-hybridized carbons (Fsp3) is 0.500. The van der Waals surface area contributed by atoms with Gasteiger partial charge in [0.05, 0.1) is 17.0 Å². The highest BCUT2D eigenvalue weighted by Gasteiger charge is 2.26. The summed E-state index contributed by atoms with van der Waals surface area (Å²) in [4.78, 5) is 28.3. The Hall–Kier alpha value is -2.28. The van der Waals surface area contributed by atoms with E-state index in [1.54, 1.807) is 11.7 Å². The lowest BCUT2D eigenvalue weighted by molar-refractivity contribution is -0.128. The smallest absolute Gasteiger partial charge is 0.233 e. The normalized spacial score (nSPS) is 14.9. The van der Waals surface area contributed by atoms with E-state index in [-0.39, 0.29) is 11.3 Å². The van der Waals surface area contributed by atoms with Gasteiger partial charge in [0.2, 0.25) is 5.91 Å². The number of anilines is 1. The lowest BCUT2D eigenvalue weighted by Crippen LogP contribution is -2.49. The van der Waals surface area contributed by atoms with E-state index in [9.17, 15) is 9.59 Å². The number of hydrogen-bond donors (Lipinski definition) is 0. The van der Waals surface area contributed by atoms with Crippen LogP contribution in [-0.4, -0.2) is 58.8 Å². The number of para-hydroxylation sites is 1. The number of benzene rings is 1. The molecule has 1 aliphatic heterocycles. The largest absolute Gasteiger partial charge is 0.368 e. The lowest BCUT2D eigenvalue weighted by atomic mass is 9.85. The predicted molar refractivity (Wildman–Crippen MR) is 118 cm³/mol. The van der Waals surface area contributed by atoms with E-state index < -0.39 is 0 Å². The molecule has 0 aliphatic carbocycles. The van der Waals surface area contributed by atoms with Crippen LogP contribution in [0.3, 0.4) is 0 Å². The monoisotopic (exact) mass is 414 g/mol. The van der Waals surface area contributed by atoms with Crippen molar-refractivity contribution in [1.82, 2.24) is 14.7 Å². The highest BCUT2D eigenvalue weighted by molar-refractivity contribution is 8.00. The van der Waals surface area contributed by atoms with Crippen LogP contribution in [0.25, 0.3) is 0 Å². The topological polar surface area (TPSA) is 58.4 Å². The fourth-order valence-corrected chi connectivity index (χ4v) is 4.78. The van der Waals surface area contributed by atoms with Gasteiger partial charge in [-0.25, -0.2) is 0 Å². The van der Waals surface area contributed by atoms with Crippen LogP contribution in [0.5, 0.6) is 0 Å². The molecule has 1 aromatic carbocycles.